The van der Waals surface area contributed by atoms with E-state index in [0.29, 0.717) is 6.61 Å². The molecular weight excluding hydrogens is 470 g/mol. The zero-order chi connectivity index (χ0) is 22.9. The third kappa shape index (κ3) is 6.96. The molecule has 1 N–H and O–H groups in total. The fourth-order valence-corrected chi connectivity index (χ4v) is 4.14. The maximum absolute atomic E-state index is 5.99. The highest BCUT2D eigenvalue weighted by Crippen LogP contribution is 2.29. The second kappa shape index (κ2) is 13.0. The highest BCUT2D eigenvalue weighted by atomic mass is 35.5. The van der Waals surface area contributed by atoms with Crippen LogP contribution < -0.4 is 14.8 Å². The summed E-state index contributed by atoms with van der Waals surface area (Å²) in [5, 5.41) is 16.3. The number of benzene rings is 3. The van der Waals surface area contributed by atoms with Crippen LogP contribution in [0.2, 0.25) is 0 Å². The SMILES string of the molecule is COc1cc(CNCCSc2nnnn2-c2ccccc2)ccc1OCc1cccc(C)c1.Cl. The molecule has 4 aromatic rings. The van der Waals surface area contributed by atoms with Crippen molar-refractivity contribution in [2.45, 2.75) is 25.2 Å². The Morgan fingerprint density at radius 2 is 1.79 bits per heavy atom. The molecule has 0 saturated heterocycles. The maximum Gasteiger partial charge on any atom is 0.214 e. The van der Waals surface area contributed by atoms with E-state index in [1.54, 1.807) is 23.6 Å². The zero-order valence-electron chi connectivity index (χ0n) is 19.2. The minimum Gasteiger partial charge on any atom is -0.493 e. The molecule has 9 heteroatoms. The summed E-state index contributed by atoms with van der Waals surface area (Å²) in [7, 11) is 1.67. The molecule has 34 heavy (non-hydrogen) atoms. The van der Waals surface area contributed by atoms with Crippen LogP contribution >= 0.6 is 24.2 Å². The standard InChI is InChI=1S/C25H27N5O2S.ClH/c1-19-7-6-8-21(15-19)18-32-23-12-11-20(16-24(23)31-2)17-26-13-14-33-25-27-28-29-30(25)22-9-4-3-5-10-22;/h3-12,15-16,26H,13-14,17-18H2,1-2H3;1H. The Hall–Kier alpha value is -3.07. The first-order valence-electron chi connectivity index (χ1n) is 10.8. The van der Waals surface area contributed by atoms with Gasteiger partial charge in [0.2, 0.25) is 5.16 Å². The van der Waals surface area contributed by atoms with E-state index >= 15 is 0 Å². The van der Waals surface area contributed by atoms with E-state index in [-0.39, 0.29) is 12.4 Å². The predicted molar refractivity (Wildman–Crippen MR) is 137 cm³/mol. The van der Waals surface area contributed by atoms with E-state index in [1.807, 2.05) is 48.5 Å². The molecule has 0 radical (unpaired) electrons. The first-order valence-corrected chi connectivity index (χ1v) is 11.7. The molecule has 0 bridgehead atoms. The number of para-hydroxylation sites is 1. The Kier molecular flexibility index (Phi) is 9.75. The lowest BCUT2D eigenvalue weighted by Crippen LogP contribution is -2.17. The molecule has 0 saturated carbocycles. The van der Waals surface area contributed by atoms with Crippen molar-refractivity contribution in [1.82, 2.24) is 25.5 Å². The van der Waals surface area contributed by atoms with Gasteiger partial charge in [-0.1, -0.05) is 65.9 Å². The summed E-state index contributed by atoms with van der Waals surface area (Å²) in [6, 6.07) is 24.2. The van der Waals surface area contributed by atoms with Crippen molar-refractivity contribution in [3.8, 4) is 17.2 Å². The number of hydrogen-bond donors (Lipinski definition) is 1. The smallest absolute Gasteiger partial charge is 0.214 e. The van der Waals surface area contributed by atoms with Gasteiger partial charge < -0.3 is 14.8 Å². The molecule has 4 rings (SSSR count). The topological polar surface area (TPSA) is 74.1 Å². The van der Waals surface area contributed by atoms with E-state index in [0.717, 1.165) is 52.3 Å². The lowest BCUT2D eigenvalue weighted by atomic mass is 10.1. The molecular formula is C25H28ClN5O2S. The Morgan fingerprint density at radius 3 is 2.59 bits per heavy atom. The molecule has 0 aliphatic carbocycles. The number of halogens is 1. The number of aromatic nitrogens is 4. The number of rotatable bonds is 11. The quantitative estimate of drug-likeness (QED) is 0.234. The number of nitrogens with one attached hydrogen (secondary N) is 1. The molecule has 0 fully saturated rings. The maximum atomic E-state index is 5.99. The number of methoxy groups -OCH3 is 1. The lowest BCUT2D eigenvalue weighted by molar-refractivity contribution is 0.284. The monoisotopic (exact) mass is 497 g/mol. The summed E-state index contributed by atoms with van der Waals surface area (Å²) >= 11 is 1.62. The van der Waals surface area contributed by atoms with Crippen molar-refractivity contribution in [3.63, 3.8) is 0 Å². The number of tetrazole rings is 1. The van der Waals surface area contributed by atoms with Crippen molar-refractivity contribution in [2.24, 2.45) is 0 Å². The van der Waals surface area contributed by atoms with Gasteiger partial charge in [-0.05, 0) is 52.7 Å². The van der Waals surface area contributed by atoms with Crippen LogP contribution in [0, 0.1) is 6.92 Å². The van der Waals surface area contributed by atoms with Crippen LogP contribution in [0.15, 0.2) is 78.0 Å². The van der Waals surface area contributed by atoms with E-state index in [9.17, 15) is 0 Å². The largest absolute Gasteiger partial charge is 0.493 e. The van der Waals surface area contributed by atoms with Crippen molar-refractivity contribution in [3.05, 3.63) is 89.5 Å². The van der Waals surface area contributed by atoms with Crippen LogP contribution in [0.5, 0.6) is 11.5 Å². The van der Waals surface area contributed by atoms with Gasteiger partial charge in [-0.15, -0.1) is 17.5 Å². The number of aryl methyl sites for hydroxylation is 1. The molecule has 0 atom stereocenters. The molecule has 0 spiro atoms. The van der Waals surface area contributed by atoms with Gasteiger partial charge >= 0.3 is 0 Å². The van der Waals surface area contributed by atoms with Crippen LogP contribution in [0.1, 0.15) is 16.7 Å². The summed E-state index contributed by atoms with van der Waals surface area (Å²) < 4.78 is 13.3. The van der Waals surface area contributed by atoms with Crippen molar-refractivity contribution >= 4 is 24.2 Å². The van der Waals surface area contributed by atoms with Crippen LogP contribution in [-0.4, -0.2) is 39.6 Å². The third-order valence-corrected chi connectivity index (χ3v) is 5.91. The summed E-state index contributed by atoms with van der Waals surface area (Å²) in [6.07, 6.45) is 0. The van der Waals surface area contributed by atoms with Crippen LogP contribution in [0.25, 0.3) is 5.69 Å². The first-order chi connectivity index (χ1) is 16.2. The number of thioether (sulfide) groups is 1. The number of hydrogen-bond acceptors (Lipinski definition) is 7. The number of nitrogens with zero attached hydrogens (tertiary/aromatic N) is 4. The number of ether oxygens (including phenoxy) is 2. The Labute approximate surface area is 210 Å². The lowest BCUT2D eigenvalue weighted by Gasteiger charge is -2.13. The first kappa shape index (κ1) is 25.6. The normalized spacial score (nSPS) is 10.5. The fraction of sp³-hybridized carbons (Fsp3) is 0.240. The average Bonchev–Trinajstić information content (AvgIpc) is 3.32. The second-order valence-electron chi connectivity index (χ2n) is 7.50. The second-order valence-corrected chi connectivity index (χ2v) is 8.56. The highest BCUT2D eigenvalue weighted by Gasteiger charge is 2.09. The molecule has 3 aromatic carbocycles. The van der Waals surface area contributed by atoms with Crippen LogP contribution in [0.3, 0.4) is 0 Å². The molecule has 178 valence electrons. The molecule has 0 aliphatic heterocycles. The van der Waals surface area contributed by atoms with Gasteiger partial charge in [0.05, 0.1) is 12.8 Å². The van der Waals surface area contributed by atoms with Gasteiger partial charge in [0.15, 0.2) is 11.5 Å². The Balaban J connectivity index is 0.00000324. The average molecular weight is 498 g/mol. The molecule has 1 heterocycles. The predicted octanol–water partition coefficient (Wildman–Crippen LogP) is 4.86. The van der Waals surface area contributed by atoms with Gasteiger partial charge in [0.25, 0.3) is 0 Å². The third-order valence-electron chi connectivity index (χ3n) is 4.99. The van der Waals surface area contributed by atoms with Crippen LogP contribution in [0.4, 0.5) is 0 Å². The van der Waals surface area contributed by atoms with Crippen molar-refractivity contribution in [2.75, 3.05) is 19.4 Å². The Morgan fingerprint density at radius 1 is 0.941 bits per heavy atom. The summed E-state index contributed by atoms with van der Waals surface area (Å²) in [5.74, 6) is 2.33. The Bertz CT molecular complexity index is 1170. The molecule has 0 aliphatic rings. The fourth-order valence-electron chi connectivity index (χ4n) is 3.35. The highest BCUT2D eigenvalue weighted by molar-refractivity contribution is 7.99. The molecule has 0 amide bonds. The van der Waals surface area contributed by atoms with E-state index in [1.165, 1.54) is 5.56 Å². The van der Waals surface area contributed by atoms with Gasteiger partial charge in [-0.3, -0.25) is 0 Å². The zero-order valence-corrected chi connectivity index (χ0v) is 20.8. The van der Waals surface area contributed by atoms with E-state index in [2.05, 4.69) is 52.0 Å². The summed E-state index contributed by atoms with van der Waals surface area (Å²) in [5.41, 5.74) is 4.45. The van der Waals surface area contributed by atoms with Crippen molar-refractivity contribution < 1.29 is 9.47 Å². The van der Waals surface area contributed by atoms with Gasteiger partial charge in [-0.2, -0.15) is 4.68 Å². The van der Waals surface area contributed by atoms with Gasteiger partial charge in [0.1, 0.15) is 6.61 Å². The molecule has 0 unspecified atom stereocenters. The van der Waals surface area contributed by atoms with Gasteiger partial charge in [0, 0.05) is 18.8 Å². The van der Waals surface area contributed by atoms with Crippen molar-refractivity contribution in [1.29, 1.82) is 0 Å². The van der Waals surface area contributed by atoms with E-state index in [4.69, 9.17) is 9.47 Å². The minimum atomic E-state index is 0. The van der Waals surface area contributed by atoms with Gasteiger partial charge in [-0.25, -0.2) is 0 Å². The summed E-state index contributed by atoms with van der Waals surface area (Å²) in [6.45, 7) is 4.14. The van der Waals surface area contributed by atoms with Crippen LogP contribution in [-0.2, 0) is 13.2 Å². The van der Waals surface area contributed by atoms with E-state index < -0.39 is 0 Å². The summed E-state index contributed by atoms with van der Waals surface area (Å²) in [4.78, 5) is 0. The molecule has 1 aromatic heterocycles. The molecule has 7 nitrogen and oxygen atoms in total. The minimum absolute atomic E-state index is 0.